The number of hydrogen-bond donors (Lipinski definition) is 0. The summed E-state index contributed by atoms with van der Waals surface area (Å²) in [5, 5.41) is 3.97. The van der Waals surface area contributed by atoms with Gasteiger partial charge in [0.2, 0.25) is 11.7 Å². The highest BCUT2D eigenvalue weighted by Gasteiger charge is 2.39. The molecule has 2 aliphatic rings. The third-order valence-corrected chi connectivity index (χ3v) is 4.49. The van der Waals surface area contributed by atoms with Crippen LogP contribution in [0.15, 0.2) is 27.3 Å². The van der Waals surface area contributed by atoms with Crippen molar-refractivity contribution >= 4 is 0 Å². The van der Waals surface area contributed by atoms with E-state index in [1.165, 1.54) is 19.3 Å². The Labute approximate surface area is 123 Å². The lowest BCUT2D eigenvalue weighted by molar-refractivity contribution is -0.00288. The summed E-state index contributed by atoms with van der Waals surface area (Å²) in [5.74, 6) is 1.81. The predicted molar refractivity (Wildman–Crippen MR) is 74.4 cm³/mol. The largest absolute Gasteiger partial charge is 0.461 e. The topological polar surface area (TPSA) is 64.5 Å². The van der Waals surface area contributed by atoms with Gasteiger partial charge in [-0.05, 0) is 37.9 Å². The van der Waals surface area contributed by atoms with E-state index in [2.05, 4.69) is 15.0 Å². The van der Waals surface area contributed by atoms with Crippen molar-refractivity contribution < 1.29 is 13.7 Å². The zero-order valence-corrected chi connectivity index (χ0v) is 12.0. The molecule has 21 heavy (non-hydrogen) atoms. The number of aromatic nitrogens is 2. The SMILES string of the molecule is c1coc(-c2noc(CN3CCC4(CCCOC4)C3)n2)c1. The molecule has 0 aliphatic carbocycles. The molecule has 112 valence electrons. The fourth-order valence-corrected chi connectivity index (χ4v) is 3.41. The van der Waals surface area contributed by atoms with Crippen LogP contribution in [0.1, 0.15) is 25.2 Å². The van der Waals surface area contributed by atoms with E-state index in [9.17, 15) is 0 Å². The highest BCUT2D eigenvalue weighted by molar-refractivity contribution is 5.44. The molecule has 0 bridgehead atoms. The first-order valence-electron chi connectivity index (χ1n) is 7.50. The molecule has 2 aromatic rings. The summed E-state index contributed by atoms with van der Waals surface area (Å²) < 4.78 is 16.3. The zero-order chi connectivity index (χ0) is 14.1. The van der Waals surface area contributed by atoms with E-state index in [0.29, 0.717) is 29.4 Å². The molecule has 2 aromatic heterocycles. The minimum atomic E-state index is 0.349. The highest BCUT2D eigenvalue weighted by atomic mass is 16.5. The van der Waals surface area contributed by atoms with Crippen molar-refractivity contribution in [1.29, 1.82) is 0 Å². The van der Waals surface area contributed by atoms with Crippen molar-refractivity contribution in [3.8, 4) is 11.6 Å². The molecular weight excluding hydrogens is 270 g/mol. The Hall–Kier alpha value is -1.66. The van der Waals surface area contributed by atoms with E-state index < -0.39 is 0 Å². The van der Waals surface area contributed by atoms with Gasteiger partial charge < -0.3 is 13.7 Å². The van der Waals surface area contributed by atoms with Gasteiger partial charge in [0.15, 0.2) is 5.76 Å². The summed E-state index contributed by atoms with van der Waals surface area (Å²) in [4.78, 5) is 6.79. The third kappa shape index (κ3) is 2.61. The molecule has 2 aliphatic heterocycles. The zero-order valence-electron chi connectivity index (χ0n) is 12.0. The summed E-state index contributed by atoms with van der Waals surface area (Å²) in [7, 11) is 0. The van der Waals surface area contributed by atoms with Crippen LogP contribution in [0.2, 0.25) is 0 Å². The van der Waals surface area contributed by atoms with E-state index in [1.807, 2.05) is 12.1 Å². The molecule has 2 fully saturated rings. The van der Waals surface area contributed by atoms with Gasteiger partial charge in [-0.1, -0.05) is 5.16 Å². The number of likely N-dealkylation sites (tertiary alicyclic amines) is 1. The number of ether oxygens (including phenoxy) is 1. The van der Waals surface area contributed by atoms with Gasteiger partial charge in [-0.25, -0.2) is 0 Å². The molecule has 1 atom stereocenters. The van der Waals surface area contributed by atoms with E-state index >= 15 is 0 Å². The summed E-state index contributed by atoms with van der Waals surface area (Å²) >= 11 is 0. The monoisotopic (exact) mass is 289 g/mol. The molecule has 6 heteroatoms. The Balaban J connectivity index is 1.41. The average molecular weight is 289 g/mol. The molecule has 0 radical (unpaired) electrons. The molecule has 0 saturated carbocycles. The normalized spacial score (nSPS) is 26.7. The Morgan fingerprint density at radius 3 is 3.14 bits per heavy atom. The van der Waals surface area contributed by atoms with Gasteiger partial charge in [0.25, 0.3) is 0 Å². The Morgan fingerprint density at radius 1 is 1.33 bits per heavy atom. The Kier molecular flexibility index (Phi) is 3.27. The minimum absolute atomic E-state index is 0.349. The first-order chi connectivity index (χ1) is 10.3. The van der Waals surface area contributed by atoms with E-state index in [4.69, 9.17) is 13.7 Å². The van der Waals surface area contributed by atoms with Crippen LogP contribution in [0.5, 0.6) is 0 Å². The molecule has 1 spiro atoms. The molecular formula is C15H19N3O3. The molecule has 1 unspecified atom stereocenters. The van der Waals surface area contributed by atoms with Gasteiger partial charge in [-0.15, -0.1) is 0 Å². The van der Waals surface area contributed by atoms with Gasteiger partial charge >= 0.3 is 0 Å². The first kappa shape index (κ1) is 13.0. The average Bonchev–Trinajstić information content (AvgIpc) is 3.22. The second kappa shape index (κ2) is 5.27. The fraction of sp³-hybridized carbons (Fsp3) is 0.600. The van der Waals surface area contributed by atoms with Crippen molar-refractivity contribution in [3.63, 3.8) is 0 Å². The van der Waals surface area contributed by atoms with Gasteiger partial charge in [0.1, 0.15) is 0 Å². The molecule has 0 aromatic carbocycles. The summed E-state index contributed by atoms with van der Waals surface area (Å²) in [6.45, 7) is 4.64. The van der Waals surface area contributed by atoms with Gasteiger partial charge in [-0.3, -0.25) is 4.90 Å². The second-order valence-electron chi connectivity index (χ2n) is 6.11. The Morgan fingerprint density at radius 2 is 2.33 bits per heavy atom. The molecule has 0 N–H and O–H groups in total. The maximum absolute atomic E-state index is 5.67. The van der Waals surface area contributed by atoms with Gasteiger partial charge in [-0.2, -0.15) is 4.98 Å². The first-order valence-corrected chi connectivity index (χ1v) is 7.50. The van der Waals surface area contributed by atoms with Gasteiger partial charge in [0, 0.05) is 18.6 Å². The van der Waals surface area contributed by atoms with Crippen LogP contribution in [0.4, 0.5) is 0 Å². The minimum Gasteiger partial charge on any atom is -0.461 e. The molecule has 6 nitrogen and oxygen atoms in total. The van der Waals surface area contributed by atoms with Crippen LogP contribution in [0.3, 0.4) is 0 Å². The lowest BCUT2D eigenvalue weighted by atomic mass is 9.82. The standard InChI is InChI=1S/C15H19N3O3/c1-3-12(20-8-1)14-16-13(21-17-14)9-18-6-5-15(10-18)4-2-7-19-11-15/h1,3,8H,2,4-7,9-11H2. The van der Waals surface area contributed by atoms with Crippen LogP contribution in [-0.2, 0) is 11.3 Å². The van der Waals surface area contributed by atoms with Crippen molar-refractivity contribution in [2.45, 2.75) is 25.8 Å². The maximum atomic E-state index is 5.67. The van der Waals surface area contributed by atoms with E-state index in [-0.39, 0.29) is 0 Å². The summed E-state index contributed by atoms with van der Waals surface area (Å²) in [6, 6.07) is 3.65. The highest BCUT2D eigenvalue weighted by Crippen LogP contribution is 2.38. The maximum Gasteiger partial charge on any atom is 0.241 e. The summed E-state index contributed by atoms with van der Waals surface area (Å²) in [5.41, 5.74) is 0.349. The number of nitrogens with zero attached hydrogens (tertiary/aromatic N) is 3. The molecule has 4 heterocycles. The van der Waals surface area contributed by atoms with Gasteiger partial charge in [0.05, 0.1) is 19.4 Å². The van der Waals surface area contributed by atoms with E-state index in [1.54, 1.807) is 6.26 Å². The number of hydrogen-bond acceptors (Lipinski definition) is 6. The number of rotatable bonds is 3. The molecule has 0 amide bonds. The summed E-state index contributed by atoms with van der Waals surface area (Å²) in [6.07, 6.45) is 5.26. The molecule has 4 rings (SSSR count). The van der Waals surface area contributed by atoms with Crippen molar-refractivity contribution in [2.75, 3.05) is 26.3 Å². The van der Waals surface area contributed by atoms with E-state index in [0.717, 1.165) is 26.3 Å². The molecule has 2 saturated heterocycles. The Bertz CT molecular complexity index is 587. The van der Waals surface area contributed by atoms with Crippen LogP contribution in [-0.4, -0.2) is 41.3 Å². The third-order valence-electron chi connectivity index (χ3n) is 4.49. The number of furan rings is 1. The predicted octanol–water partition coefficient (Wildman–Crippen LogP) is 2.33. The fourth-order valence-electron chi connectivity index (χ4n) is 3.41. The van der Waals surface area contributed by atoms with Crippen LogP contribution < -0.4 is 0 Å². The van der Waals surface area contributed by atoms with Crippen molar-refractivity contribution in [2.24, 2.45) is 5.41 Å². The van der Waals surface area contributed by atoms with Crippen LogP contribution in [0.25, 0.3) is 11.6 Å². The second-order valence-corrected chi connectivity index (χ2v) is 6.11. The lowest BCUT2D eigenvalue weighted by Gasteiger charge is -2.33. The smallest absolute Gasteiger partial charge is 0.241 e. The lowest BCUT2D eigenvalue weighted by Crippen LogP contribution is -2.34. The quantitative estimate of drug-likeness (QED) is 0.864. The van der Waals surface area contributed by atoms with Crippen molar-refractivity contribution in [1.82, 2.24) is 15.0 Å². The van der Waals surface area contributed by atoms with Crippen LogP contribution >= 0.6 is 0 Å². The van der Waals surface area contributed by atoms with Crippen LogP contribution in [0, 0.1) is 5.41 Å². The van der Waals surface area contributed by atoms with Crippen molar-refractivity contribution in [3.05, 3.63) is 24.3 Å².